The van der Waals surface area contributed by atoms with Crippen LogP contribution in [0.15, 0.2) is 62.3 Å². The zero-order valence-electron chi connectivity index (χ0n) is 16.5. The number of rotatable bonds is 6. The normalized spacial score (nSPS) is 12.7. The van der Waals surface area contributed by atoms with Gasteiger partial charge in [0.25, 0.3) is 10.0 Å². The Morgan fingerprint density at radius 2 is 1.56 bits per heavy atom. The summed E-state index contributed by atoms with van der Waals surface area (Å²) >= 11 is 3.56. The Labute approximate surface area is 171 Å². The van der Waals surface area contributed by atoms with Crippen LogP contribution in [0.1, 0.15) is 38.8 Å². The van der Waals surface area contributed by atoms with E-state index in [2.05, 4.69) is 25.2 Å². The van der Waals surface area contributed by atoms with Crippen LogP contribution in [0.4, 0.5) is 0 Å². The third-order valence-corrected chi connectivity index (χ3v) is 6.35. The lowest BCUT2D eigenvalue weighted by molar-refractivity contribution is 0.288. The van der Waals surface area contributed by atoms with Gasteiger partial charge in [-0.15, -0.1) is 4.40 Å². The maximum atomic E-state index is 13.0. The second kappa shape index (κ2) is 9.02. The number of nitrogens with zero attached hydrogens (tertiary/aromatic N) is 2. The van der Waals surface area contributed by atoms with E-state index in [1.165, 1.54) is 0 Å². The largest absolute Gasteiger partial charge is 0.354 e. The van der Waals surface area contributed by atoms with E-state index in [0.29, 0.717) is 12.3 Å². The molecule has 0 fully saturated rings. The molecule has 4 nitrogen and oxygen atoms in total. The zero-order valence-corrected chi connectivity index (χ0v) is 18.9. The van der Waals surface area contributed by atoms with E-state index in [0.717, 1.165) is 15.6 Å². The average Bonchev–Trinajstić information content (AvgIpc) is 2.56. The van der Waals surface area contributed by atoms with E-state index in [9.17, 15) is 8.42 Å². The topological polar surface area (TPSA) is 49.7 Å². The summed E-state index contributed by atoms with van der Waals surface area (Å²) in [4.78, 5) is 2.27. The molecule has 0 radical (unpaired) electrons. The summed E-state index contributed by atoms with van der Waals surface area (Å²) in [6, 6.07) is 14.9. The minimum Gasteiger partial charge on any atom is -0.354 e. The fourth-order valence-corrected chi connectivity index (χ4v) is 4.52. The fraction of sp³-hybridized carbons (Fsp3) is 0.381. The Bertz CT molecular complexity index is 896. The maximum absolute atomic E-state index is 13.0. The van der Waals surface area contributed by atoms with Crippen molar-refractivity contribution in [1.29, 1.82) is 0 Å². The van der Waals surface area contributed by atoms with Crippen LogP contribution in [-0.4, -0.2) is 31.2 Å². The molecule has 146 valence electrons. The van der Waals surface area contributed by atoms with E-state index < -0.39 is 10.0 Å². The fourth-order valence-electron chi connectivity index (χ4n) is 3.08. The number of hydrogen-bond donors (Lipinski definition) is 0. The molecule has 0 aliphatic heterocycles. The summed E-state index contributed by atoms with van der Waals surface area (Å²) < 4.78 is 31.1. The molecule has 0 N–H and O–H groups in total. The van der Waals surface area contributed by atoms with Crippen molar-refractivity contribution < 1.29 is 8.42 Å². The van der Waals surface area contributed by atoms with E-state index in [1.54, 1.807) is 24.3 Å². The highest BCUT2D eigenvalue weighted by molar-refractivity contribution is 9.10. The van der Waals surface area contributed by atoms with Crippen molar-refractivity contribution in [3.8, 4) is 0 Å². The number of halogens is 1. The maximum Gasteiger partial charge on any atom is 0.283 e. The molecule has 0 aliphatic carbocycles. The first-order valence-electron chi connectivity index (χ1n) is 9.04. The first-order chi connectivity index (χ1) is 12.6. The van der Waals surface area contributed by atoms with Crippen molar-refractivity contribution in [3.05, 3.63) is 64.1 Å². The van der Waals surface area contributed by atoms with E-state index in [-0.39, 0.29) is 17.0 Å². The molecule has 2 rings (SSSR count). The molecule has 0 heterocycles. The van der Waals surface area contributed by atoms with Gasteiger partial charge in [0.15, 0.2) is 0 Å². The van der Waals surface area contributed by atoms with Gasteiger partial charge in [0.1, 0.15) is 5.84 Å². The molecule has 0 spiro atoms. The first-order valence-corrected chi connectivity index (χ1v) is 11.3. The van der Waals surface area contributed by atoms with Crippen molar-refractivity contribution in [1.82, 2.24) is 4.90 Å². The van der Waals surface area contributed by atoms with Crippen LogP contribution in [0.25, 0.3) is 0 Å². The highest BCUT2D eigenvalue weighted by Crippen LogP contribution is 2.21. The van der Waals surface area contributed by atoms with Gasteiger partial charge in [0.2, 0.25) is 0 Å². The zero-order chi connectivity index (χ0) is 20.2. The molecular weight excluding hydrogens is 424 g/mol. The van der Waals surface area contributed by atoms with Crippen LogP contribution < -0.4 is 0 Å². The summed E-state index contributed by atoms with van der Waals surface area (Å²) in [5, 5.41) is 0. The summed E-state index contributed by atoms with van der Waals surface area (Å²) in [6.45, 7) is 10.1. The van der Waals surface area contributed by atoms with Crippen LogP contribution in [0.2, 0.25) is 0 Å². The van der Waals surface area contributed by atoms with Crippen molar-refractivity contribution in [2.75, 3.05) is 0 Å². The molecular formula is C21H27BrN2O2S. The molecule has 0 bridgehead atoms. The number of amidine groups is 1. The van der Waals surface area contributed by atoms with E-state index >= 15 is 0 Å². The molecule has 0 atom stereocenters. The number of benzene rings is 2. The summed E-state index contributed by atoms with van der Waals surface area (Å²) in [5.74, 6) is 0.549. The Morgan fingerprint density at radius 1 is 1.00 bits per heavy atom. The number of hydrogen-bond acceptors (Lipinski definition) is 2. The summed E-state index contributed by atoms with van der Waals surface area (Å²) in [7, 11) is -3.79. The predicted molar refractivity (Wildman–Crippen MR) is 116 cm³/mol. The molecule has 0 aromatic heterocycles. The molecule has 6 heteroatoms. The van der Waals surface area contributed by atoms with Gasteiger partial charge in [-0.1, -0.05) is 51.8 Å². The Morgan fingerprint density at radius 3 is 2.07 bits per heavy atom. The van der Waals surface area contributed by atoms with Crippen molar-refractivity contribution in [2.45, 2.75) is 58.0 Å². The van der Waals surface area contributed by atoms with Crippen LogP contribution in [0.3, 0.4) is 0 Å². The van der Waals surface area contributed by atoms with Gasteiger partial charge in [-0.25, -0.2) is 0 Å². The molecule has 0 saturated heterocycles. The monoisotopic (exact) mass is 450 g/mol. The lowest BCUT2D eigenvalue weighted by Crippen LogP contribution is -2.43. The second-order valence-corrected chi connectivity index (χ2v) is 9.62. The van der Waals surface area contributed by atoms with Crippen molar-refractivity contribution >= 4 is 31.8 Å². The smallest absolute Gasteiger partial charge is 0.283 e. The van der Waals surface area contributed by atoms with Crippen LogP contribution >= 0.6 is 15.9 Å². The van der Waals surface area contributed by atoms with Gasteiger partial charge < -0.3 is 4.90 Å². The van der Waals surface area contributed by atoms with Gasteiger partial charge in [-0.05, 0) is 58.4 Å². The lowest BCUT2D eigenvalue weighted by atomic mass is 10.1. The molecule has 2 aromatic rings. The minimum atomic E-state index is -3.79. The molecule has 0 unspecified atom stereocenters. The molecule has 0 saturated carbocycles. The SMILES string of the molecule is Cc1ccc(S(=O)(=O)/N=C(/Cc2ccccc2Br)N(C(C)C)C(C)C)cc1. The van der Waals surface area contributed by atoms with Gasteiger partial charge in [-0.2, -0.15) is 8.42 Å². The summed E-state index contributed by atoms with van der Waals surface area (Å²) in [5.41, 5.74) is 2.01. The molecule has 0 amide bonds. The standard InChI is InChI=1S/C21H27BrN2O2S/c1-15(2)24(16(3)4)21(14-18-8-6-7-9-20(18)22)23-27(25,26)19-12-10-17(5)11-13-19/h6-13,15-16H,14H2,1-5H3/b23-21-. The first kappa shape index (κ1) is 21.6. The highest BCUT2D eigenvalue weighted by Gasteiger charge is 2.23. The Balaban J connectivity index is 2.55. The van der Waals surface area contributed by atoms with Crippen LogP contribution in [0, 0.1) is 6.92 Å². The quantitative estimate of drug-likeness (QED) is 0.448. The van der Waals surface area contributed by atoms with E-state index in [4.69, 9.17) is 0 Å². The molecule has 0 aliphatic rings. The number of aryl methyl sites for hydroxylation is 1. The third kappa shape index (κ3) is 5.66. The number of sulfonamides is 1. The third-order valence-electron chi connectivity index (χ3n) is 4.26. The summed E-state index contributed by atoms with van der Waals surface area (Å²) in [6.07, 6.45) is 0.433. The van der Waals surface area contributed by atoms with Gasteiger partial charge in [0.05, 0.1) is 4.90 Å². The van der Waals surface area contributed by atoms with Gasteiger partial charge >= 0.3 is 0 Å². The minimum absolute atomic E-state index is 0.124. The average molecular weight is 451 g/mol. The van der Waals surface area contributed by atoms with Crippen LogP contribution in [-0.2, 0) is 16.4 Å². The Hall–Kier alpha value is -1.66. The van der Waals surface area contributed by atoms with Crippen LogP contribution in [0.5, 0.6) is 0 Å². The lowest BCUT2D eigenvalue weighted by Gasteiger charge is -2.34. The van der Waals surface area contributed by atoms with Gasteiger partial charge in [-0.3, -0.25) is 0 Å². The molecule has 27 heavy (non-hydrogen) atoms. The van der Waals surface area contributed by atoms with Crippen molar-refractivity contribution in [3.63, 3.8) is 0 Å². The van der Waals surface area contributed by atoms with Gasteiger partial charge in [0, 0.05) is 23.0 Å². The predicted octanol–water partition coefficient (Wildman–Crippen LogP) is 5.21. The van der Waals surface area contributed by atoms with E-state index in [1.807, 2.05) is 58.9 Å². The van der Waals surface area contributed by atoms with Crippen molar-refractivity contribution in [2.24, 2.45) is 4.40 Å². The second-order valence-electron chi connectivity index (χ2n) is 7.16. The highest BCUT2D eigenvalue weighted by atomic mass is 79.9. The Kier molecular flexibility index (Phi) is 7.23. The molecule has 2 aromatic carbocycles.